The Morgan fingerprint density at radius 1 is 1.35 bits per heavy atom. The number of ether oxygens (including phenoxy) is 1. The van der Waals surface area contributed by atoms with Crippen LogP contribution in [0.5, 0.6) is 0 Å². The lowest BCUT2D eigenvalue weighted by Crippen LogP contribution is -2.68. The van der Waals surface area contributed by atoms with E-state index in [1.54, 1.807) is 0 Å². The molecule has 2 aliphatic rings. The molecular weight excluding hydrogens is 282 g/mol. The minimum atomic E-state index is -0.311. The zero-order valence-electron chi connectivity index (χ0n) is 11.8. The summed E-state index contributed by atoms with van der Waals surface area (Å²) in [6, 6.07) is 0.195. The Labute approximate surface area is 125 Å². The van der Waals surface area contributed by atoms with Crippen molar-refractivity contribution < 1.29 is 14.3 Å². The SMILES string of the molecule is CCOC1CC(NC(=O)CNC(=O)CN)C12CCC2.Cl. The zero-order chi connectivity index (χ0) is 13.9. The topological polar surface area (TPSA) is 93.5 Å². The molecule has 2 atom stereocenters. The minimum absolute atomic E-state index is 0. The van der Waals surface area contributed by atoms with Crippen molar-refractivity contribution >= 4 is 24.2 Å². The zero-order valence-corrected chi connectivity index (χ0v) is 12.6. The molecular formula is C13H24ClN3O3. The molecule has 4 N–H and O–H groups in total. The van der Waals surface area contributed by atoms with E-state index in [0.29, 0.717) is 0 Å². The summed E-state index contributed by atoms with van der Waals surface area (Å²) >= 11 is 0. The molecule has 0 radical (unpaired) electrons. The normalized spacial score (nSPS) is 25.9. The minimum Gasteiger partial charge on any atom is -0.378 e. The first-order valence-corrected chi connectivity index (χ1v) is 7.00. The summed E-state index contributed by atoms with van der Waals surface area (Å²) in [4.78, 5) is 22.7. The molecule has 0 aromatic heterocycles. The summed E-state index contributed by atoms with van der Waals surface area (Å²) in [6.45, 7) is 2.63. The molecule has 0 bridgehead atoms. The van der Waals surface area contributed by atoms with Crippen molar-refractivity contribution in [2.45, 2.75) is 44.8 Å². The van der Waals surface area contributed by atoms with Crippen LogP contribution < -0.4 is 16.4 Å². The van der Waals surface area contributed by atoms with Gasteiger partial charge >= 0.3 is 0 Å². The first-order chi connectivity index (χ1) is 9.12. The largest absolute Gasteiger partial charge is 0.378 e. The first-order valence-electron chi connectivity index (χ1n) is 7.00. The maximum absolute atomic E-state index is 11.8. The van der Waals surface area contributed by atoms with Gasteiger partial charge in [-0.1, -0.05) is 6.42 Å². The highest BCUT2D eigenvalue weighted by Crippen LogP contribution is 2.57. The number of carbonyl (C=O) groups is 2. The smallest absolute Gasteiger partial charge is 0.239 e. The van der Waals surface area contributed by atoms with Crippen LogP contribution in [0.15, 0.2) is 0 Å². The summed E-state index contributed by atoms with van der Waals surface area (Å²) in [5.41, 5.74) is 5.32. The second kappa shape index (κ2) is 7.24. The molecule has 2 fully saturated rings. The molecule has 2 amide bonds. The second-order valence-electron chi connectivity index (χ2n) is 5.37. The Morgan fingerprint density at radius 3 is 2.55 bits per heavy atom. The lowest BCUT2D eigenvalue weighted by atomic mass is 9.51. The first kappa shape index (κ1) is 17.2. The quantitative estimate of drug-likeness (QED) is 0.641. The van der Waals surface area contributed by atoms with Crippen LogP contribution in [0, 0.1) is 5.41 Å². The van der Waals surface area contributed by atoms with Crippen molar-refractivity contribution in [1.82, 2.24) is 10.6 Å². The van der Waals surface area contributed by atoms with E-state index in [1.165, 1.54) is 6.42 Å². The van der Waals surface area contributed by atoms with Gasteiger partial charge < -0.3 is 21.1 Å². The number of halogens is 1. The number of amides is 2. The third kappa shape index (κ3) is 3.24. The van der Waals surface area contributed by atoms with Crippen LogP contribution in [-0.4, -0.2) is 43.7 Å². The van der Waals surface area contributed by atoms with Crippen molar-refractivity contribution in [1.29, 1.82) is 0 Å². The Kier molecular flexibility index (Phi) is 6.23. The Balaban J connectivity index is 0.00000200. The van der Waals surface area contributed by atoms with E-state index >= 15 is 0 Å². The van der Waals surface area contributed by atoms with Gasteiger partial charge in [0.15, 0.2) is 0 Å². The van der Waals surface area contributed by atoms with E-state index in [1.807, 2.05) is 6.92 Å². The van der Waals surface area contributed by atoms with Gasteiger partial charge in [-0.05, 0) is 26.2 Å². The van der Waals surface area contributed by atoms with Crippen molar-refractivity contribution in [3.8, 4) is 0 Å². The number of carbonyl (C=O) groups excluding carboxylic acids is 2. The Bertz CT molecular complexity index is 361. The molecule has 0 aromatic rings. The number of hydrogen-bond acceptors (Lipinski definition) is 4. The van der Waals surface area contributed by atoms with Crippen LogP contribution in [0.4, 0.5) is 0 Å². The summed E-state index contributed by atoms with van der Waals surface area (Å²) in [5.74, 6) is -0.456. The molecule has 2 saturated carbocycles. The maximum Gasteiger partial charge on any atom is 0.239 e. The summed E-state index contributed by atoms with van der Waals surface area (Å²) in [6.07, 6.45) is 4.62. The van der Waals surface area contributed by atoms with E-state index in [0.717, 1.165) is 25.9 Å². The molecule has 0 saturated heterocycles. The van der Waals surface area contributed by atoms with Crippen molar-refractivity contribution in [3.63, 3.8) is 0 Å². The lowest BCUT2D eigenvalue weighted by Gasteiger charge is -2.61. The van der Waals surface area contributed by atoms with Gasteiger partial charge in [-0.15, -0.1) is 12.4 Å². The van der Waals surface area contributed by atoms with Gasteiger partial charge in [-0.2, -0.15) is 0 Å². The van der Waals surface area contributed by atoms with E-state index in [-0.39, 0.29) is 54.9 Å². The van der Waals surface area contributed by atoms with Crippen LogP contribution in [0.3, 0.4) is 0 Å². The molecule has 1 spiro atoms. The van der Waals surface area contributed by atoms with E-state index in [2.05, 4.69) is 10.6 Å². The number of rotatable bonds is 6. The molecule has 20 heavy (non-hydrogen) atoms. The standard InChI is InChI=1S/C13H23N3O3.ClH/c1-2-19-10-6-9(13(10)4-3-5-13)16-12(18)8-15-11(17)7-14;/h9-10H,2-8,14H2,1H3,(H,15,17)(H,16,18);1H. The van der Waals surface area contributed by atoms with Gasteiger partial charge in [0.2, 0.25) is 11.8 Å². The predicted molar refractivity (Wildman–Crippen MR) is 77.6 cm³/mol. The molecule has 6 nitrogen and oxygen atoms in total. The number of nitrogens with two attached hydrogens (primary N) is 1. The molecule has 0 aromatic carbocycles. The fourth-order valence-corrected chi connectivity index (χ4v) is 3.14. The van der Waals surface area contributed by atoms with Crippen LogP contribution in [0.1, 0.15) is 32.6 Å². The average molecular weight is 306 g/mol. The third-order valence-corrected chi connectivity index (χ3v) is 4.40. The maximum atomic E-state index is 11.8. The summed E-state index contributed by atoms with van der Waals surface area (Å²) in [7, 11) is 0. The van der Waals surface area contributed by atoms with E-state index < -0.39 is 0 Å². The average Bonchev–Trinajstić information content (AvgIpc) is 2.32. The van der Waals surface area contributed by atoms with Gasteiger partial charge in [0.05, 0.1) is 19.2 Å². The molecule has 0 aliphatic heterocycles. The fraction of sp³-hybridized carbons (Fsp3) is 0.846. The highest BCUT2D eigenvalue weighted by Gasteiger charge is 2.59. The highest BCUT2D eigenvalue weighted by molar-refractivity contribution is 5.86. The van der Waals surface area contributed by atoms with Crippen LogP contribution in [0.2, 0.25) is 0 Å². The van der Waals surface area contributed by atoms with Crippen molar-refractivity contribution in [2.75, 3.05) is 19.7 Å². The summed E-state index contributed by atoms with van der Waals surface area (Å²) in [5, 5.41) is 5.48. The number of nitrogens with one attached hydrogen (secondary N) is 2. The van der Waals surface area contributed by atoms with Gasteiger partial charge in [0, 0.05) is 18.1 Å². The van der Waals surface area contributed by atoms with Gasteiger partial charge in [-0.25, -0.2) is 0 Å². The lowest BCUT2D eigenvalue weighted by molar-refractivity contribution is -0.175. The van der Waals surface area contributed by atoms with Crippen molar-refractivity contribution in [3.05, 3.63) is 0 Å². The fourth-order valence-electron chi connectivity index (χ4n) is 3.14. The monoisotopic (exact) mass is 305 g/mol. The van der Waals surface area contributed by atoms with Gasteiger partial charge in [0.1, 0.15) is 0 Å². The number of hydrogen-bond donors (Lipinski definition) is 3. The van der Waals surface area contributed by atoms with E-state index in [9.17, 15) is 9.59 Å². The molecule has 2 rings (SSSR count). The Morgan fingerprint density at radius 2 is 2.05 bits per heavy atom. The molecule has 2 aliphatic carbocycles. The van der Waals surface area contributed by atoms with E-state index in [4.69, 9.17) is 10.5 Å². The predicted octanol–water partition coefficient (Wildman–Crippen LogP) is -0.0530. The molecule has 116 valence electrons. The molecule has 2 unspecified atom stereocenters. The highest BCUT2D eigenvalue weighted by atomic mass is 35.5. The third-order valence-electron chi connectivity index (χ3n) is 4.40. The molecule has 0 heterocycles. The Hall–Kier alpha value is -0.850. The molecule has 7 heteroatoms. The van der Waals surface area contributed by atoms with Crippen LogP contribution in [-0.2, 0) is 14.3 Å². The summed E-state index contributed by atoms with van der Waals surface area (Å²) < 4.78 is 5.73. The van der Waals surface area contributed by atoms with Crippen LogP contribution in [0.25, 0.3) is 0 Å². The van der Waals surface area contributed by atoms with Crippen LogP contribution >= 0.6 is 12.4 Å². The van der Waals surface area contributed by atoms with Gasteiger partial charge in [-0.3, -0.25) is 9.59 Å². The van der Waals surface area contributed by atoms with Gasteiger partial charge in [0.25, 0.3) is 0 Å². The second-order valence-corrected chi connectivity index (χ2v) is 5.37. The van der Waals surface area contributed by atoms with Crippen molar-refractivity contribution in [2.24, 2.45) is 11.1 Å².